The number of rotatable bonds is 3. The molecule has 2 aromatic rings. The summed E-state index contributed by atoms with van der Waals surface area (Å²) in [5.41, 5.74) is 2.74. The van der Waals surface area contributed by atoms with Gasteiger partial charge in [-0.2, -0.15) is 0 Å². The predicted molar refractivity (Wildman–Crippen MR) is 97.4 cm³/mol. The quantitative estimate of drug-likeness (QED) is 0.913. The van der Waals surface area contributed by atoms with Gasteiger partial charge in [-0.1, -0.05) is 24.3 Å². The third-order valence-corrected chi connectivity index (χ3v) is 6.01. The first-order valence-electron chi connectivity index (χ1n) is 9.52. The van der Waals surface area contributed by atoms with Gasteiger partial charge in [-0.05, 0) is 43.2 Å². The van der Waals surface area contributed by atoms with Crippen LogP contribution in [0.4, 0.5) is 0 Å². The van der Waals surface area contributed by atoms with E-state index in [2.05, 4.69) is 34.5 Å². The Kier molecular flexibility index (Phi) is 4.76. The van der Waals surface area contributed by atoms with Crippen LogP contribution >= 0.6 is 0 Å². The average Bonchev–Trinajstić information content (AvgIpc) is 3.07. The van der Waals surface area contributed by atoms with Crippen molar-refractivity contribution in [2.45, 2.75) is 44.6 Å². The van der Waals surface area contributed by atoms with Gasteiger partial charge in [-0.15, -0.1) is 10.2 Å². The fraction of sp³-hybridized carbons (Fsp3) is 0.550. The normalized spacial score (nSPS) is 20.8. The number of amides is 1. The largest absolute Gasteiger partial charge is 0.388 e. The Morgan fingerprint density at radius 2 is 1.88 bits per heavy atom. The molecule has 6 heteroatoms. The molecule has 1 fully saturated rings. The van der Waals surface area contributed by atoms with E-state index in [1.807, 2.05) is 16.5 Å². The first kappa shape index (κ1) is 17.2. The molecule has 1 N–H and O–H groups in total. The second kappa shape index (κ2) is 7.19. The number of aliphatic hydroxyl groups excluding tert-OH is 1. The lowest BCUT2D eigenvalue weighted by atomic mass is 9.82. The molecule has 0 radical (unpaired) electrons. The molecular formula is C20H26N4O2. The number of carbonyl (C=O) groups excluding carboxylic acids is 1. The Bertz CT molecular complexity index is 793. The van der Waals surface area contributed by atoms with Crippen molar-refractivity contribution in [3.63, 3.8) is 0 Å². The molecule has 138 valence electrons. The summed E-state index contributed by atoms with van der Waals surface area (Å²) < 4.78 is 1.89. The summed E-state index contributed by atoms with van der Waals surface area (Å²) >= 11 is 0. The zero-order valence-electron chi connectivity index (χ0n) is 15.3. The van der Waals surface area contributed by atoms with E-state index in [9.17, 15) is 9.90 Å². The van der Waals surface area contributed by atoms with Crippen LogP contribution in [0.1, 0.15) is 48.0 Å². The second-order valence-electron chi connectivity index (χ2n) is 7.50. The number of piperidine rings is 1. The highest BCUT2D eigenvalue weighted by atomic mass is 16.3. The molecule has 2 heterocycles. The Balaban J connectivity index is 1.37. The maximum atomic E-state index is 13.0. The van der Waals surface area contributed by atoms with Crippen molar-refractivity contribution in [1.29, 1.82) is 0 Å². The number of benzene rings is 1. The standard InChI is InChI=1S/C20H26N4O2/c1-23-18(13-25)21-22-19(23)15-8-10-24(11-9-15)20(26)17-7-6-14-4-2-3-5-16(14)12-17/h2-5,15,17,25H,6-13H2,1H3. The highest BCUT2D eigenvalue weighted by molar-refractivity contribution is 5.79. The van der Waals surface area contributed by atoms with Crippen molar-refractivity contribution in [1.82, 2.24) is 19.7 Å². The third-order valence-electron chi connectivity index (χ3n) is 6.01. The zero-order chi connectivity index (χ0) is 18.1. The molecule has 26 heavy (non-hydrogen) atoms. The smallest absolute Gasteiger partial charge is 0.226 e. The predicted octanol–water partition coefficient (Wildman–Crippen LogP) is 1.82. The van der Waals surface area contributed by atoms with E-state index in [0.29, 0.717) is 17.6 Å². The van der Waals surface area contributed by atoms with E-state index in [-0.39, 0.29) is 12.5 Å². The number of aromatic nitrogens is 3. The maximum absolute atomic E-state index is 13.0. The number of hydrogen-bond donors (Lipinski definition) is 1. The van der Waals surface area contributed by atoms with E-state index in [1.165, 1.54) is 11.1 Å². The van der Waals surface area contributed by atoms with Crippen LogP contribution in [0.3, 0.4) is 0 Å². The molecule has 0 bridgehead atoms. The Hall–Kier alpha value is -2.21. The summed E-state index contributed by atoms with van der Waals surface area (Å²) in [6.07, 6.45) is 4.65. The topological polar surface area (TPSA) is 71.2 Å². The van der Waals surface area contributed by atoms with E-state index in [0.717, 1.165) is 51.0 Å². The van der Waals surface area contributed by atoms with Crippen molar-refractivity contribution in [3.8, 4) is 0 Å². The van der Waals surface area contributed by atoms with Crippen LogP contribution in [0.15, 0.2) is 24.3 Å². The monoisotopic (exact) mass is 354 g/mol. The third kappa shape index (κ3) is 3.14. The van der Waals surface area contributed by atoms with Gasteiger partial charge < -0.3 is 14.6 Å². The van der Waals surface area contributed by atoms with Crippen LogP contribution in [0.2, 0.25) is 0 Å². The highest BCUT2D eigenvalue weighted by Crippen LogP contribution is 2.31. The van der Waals surface area contributed by atoms with Crippen LogP contribution in [0, 0.1) is 5.92 Å². The van der Waals surface area contributed by atoms with Crippen LogP contribution in [-0.4, -0.2) is 43.8 Å². The number of nitrogens with zero attached hydrogens (tertiary/aromatic N) is 4. The molecule has 6 nitrogen and oxygen atoms in total. The van der Waals surface area contributed by atoms with Gasteiger partial charge >= 0.3 is 0 Å². The van der Waals surface area contributed by atoms with Gasteiger partial charge in [-0.3, -0.25) is 4.79 Å². The molecule has 1 saturated heterocycles. The van der Waals surface area contributed by atoms with Crippen molar-refractivity contribution in [2.75, 3.05) is 13.1 Å². The van der Waals surface area contributed by atoms with Gasteiger partial charge in [0.2, 0.25) is 5.91 Å². The number of aryl methyl sites for hydroxylation is 1. The molecule has 1 unspecified atom stereocenters. The average molecular weight is 354 g/mol. The van der Waals surface area contributed by atoms with Crippen molar-refractivity contribution in [3.05, 3.63) is 47.0 Å². The summed E-state index contributed by atoms with van der Waals surface area (Å²) in [5.74, 6) is 2.26. The van der Waals surface area contributed by atoms with Gasteiger partial charge in [0, 0.05) is 32.0 Å². The lowest BCUT2D eigenvalue weighted by Crippen LogP contribution is -2.43. The first-order valence-corrected chi connectivity index (χ1v) is 9.52. The number of carbonyl (C=O) groups is 1. The fourth-order valence-corrected chi connectivity index (χ4v) is 4.39. The number of aliphatic hydroxyl groups is 1. The van der Waals surface area contributed by atoms with E-state index < -0.39 is 0 Å². The molecular weight excluding hydrogens is 328 g/mol. The van der Waals surface area contributed by atoms with Crippen molar-refractivity contribution < 1.29 is 9.90 Å². The van der Waals surface area contributed by atoms with Gasteiger partial charge in [0.1, 0.15) is 12.4 Å². The molecule has 1 aromatic heterocycles. The minimum atomic E-state index is -0.0933. The number of hydrogen-bond acceptors (Lipinski definition) is 4. The van der Waals surface area contributed by atoms with Crippen LogP contribution in [-0.2, 0) is 31.3 Å². The van der Waals surface area contributed by atoms with E-state index >= 15 is 0 Å². The number of fused-ring (bicyclic) bond motifs is 1. The fourth-order valence-electron chi connectivity index (χ4n) is 4.39. The van der Waals surface area contributed by atoms with Crippen LogP contribution in [0.5, 0.6) is 0 Å². The molecule has 1 atom stereocenters. The summed E-state index contributed by atoms with van der Waals surface area (Å²) in [4.78, 5) is 15.0. The summed E-state index contributed by atoms with van der Waals surface area (Å²) in [7, 11) is 1.90. The van der Waals surface area contributed by atoms with Gasteiger partial charge in [-0.25, -0.2) is 0 Å². The summed E-state index contributed by atoms with van der Waals surface area (Å²) in [5, 5.41) is 17.6. The first-order chi connectivity index (χ1) is 12.7. The molecule has 0 spiro atoms. The Labute approximate surface area is 153 Å². The summed E-state index contributed by atoms with van der Waals surface area (Å²) in [6, 6.07) is 8.50. The second-order valence-corrected chi connectivity index (χ2v) is 7.50. The van der Waals surface area contributed by atoms with Gasteiger partial charge in [0.05, 0.1) is 0 Å². The highest BCUT2D eigenvalue weighted by Gasteiger charge is 2.32. The lowest BCUT2D eigenvalue weighted by molar-refractivity contribution is -0.137. The Morgan fingerprint density at radius 1 is 1.15 bits per heavy atom. The Morgan fingerprint density at radius 3 is 2.58 bits per heavy atom. The summed E-state index contributed by atoms with van der Waals surface area (Å²) in [6.45, 7) is 1.47. The molecule has 1 aromatic carbocycles. The molecule has 2 aliphatic rings. The van der Waals surface area contributed by atoms with Gasteiger partial charge in [0.25, 0.3) is 0 Å². The molecule has 0 saturated carbocycles. The maximum Gasteiger partial charge on any atom is 0.226 e. The molecule has 1 aliphatic carbocycles. The van der Waals surface area contributed by atoms with Crippen LogP contribution < -0.4 is 0 Å². The molecule has 1 aliphatic heterocycles. The molecule has 4 rings (SSSR count). The van der Waals surface area contributed by atoms with Crippen LogP contribution in [0.25, 0.3) is 0 Å². The molecule has 1 amide bonds. The van der Waals surface area contributed by atoms with Gasteiger partial charge in [0.15, 0.2) is 5.82 Å². The lowest BCUT2D eigenvalue weighted by Gasteiger charge is -2.35. The number of likely N-dealkylation sites (tertiary alicyclic amines) is 1. The van der Waals surface area contributed by atoms with Crippen molar-refractivity contribution >= 4 is 5.91 Å². The zero-order valence-corrected chi connectivity index (χ0v) is 15.3. The minimum Gasteiger partial charge on any atom is -0.388 e. The minimum absolute atomic E-state index is 0.0933. The van der Waals surface area contributed by atoms with E-state index in [1.54, 1.807) is 0 Å². The van der Waals surface area contributed by atoms with E-state index in [4.69, 9.17) is 0 Å². The van der Waals surface area contributed by atoms with Crippen molar-refractivity contribution in [2.24, 2.45) is 13.0 Å². The SMILES string of the molecule is Cn1c(CO)nnc1C1CCN(C(=O)C2CCc3ccccc3C2)CC1.